The van der Waals surface area contributed by atoms with Crippen LogP contribution < -0.4 is 0 Å². The second-order valence-corrected chi connectivity index (χ2v) is 2.86. The normalized spacial score (nSPS) is 11.1. The Bertz CT molecular complexity index is 462. The van der Waals surface area contributed by atoms with E-state index in [0.717, 1.165) is 0 Å². The molecule has 0 fully saturated rings. The highest BCUT2D eigenvalue weighted by Gasteiger charge is 2.24. The summed E-state index contributed by atoms with van der Waals surface area (Å²) in [5, 5.41) is 26.1. The van der Waals surface area contributed by atoms with E-state index in [9.17, 15) is 4.39 Å². The molecule has 0 saturated heterocycles. The standard InChI is InChI=1S/C11H6FN3/c12-11-4-2-1-3-9(11)10(7-15)8(5-13)6-14/h1-4,8,10H/t10-/m1/s1. The Labute approximate surface area is 86.6 Å². The number of halogens is 1. The Balaban J connectivity index is 3.17. The van der Waals surface area contributed by atoms with Crippen molar-refractivity contribution >= 4 is 0 Å². The third-order valence-electron chi connectivity index (χ3n) is 1.99. The molecule has 1 atom stereocenters. The zero-order valence-corrected chi connectivity index (χ0v) is 7.68. The maximum atomic E-state index is 13.3. The molecule has 0 spiro atoms. The minimum Gasteiger partial charge on any atom is -0.207 e. The maximum absolute atomic E-state index is 13.3. The summed E-state index contributed by atoms with van der Waals surface area (Å²) in [6.45, 7) is 0. The Morgan fingerprint density at radius 1 is 1.00 bits per heavy atom. The van der Waals surface area contributed by atoms with Crippen LogP contribution >= 0.6 is 0 Å². The van der Waals surface area contributed by atoms with Gasteiger partial charge in [0.15, 0.2) is 5.92 Å². The van der Waals surface area contributed by atoms with Crippen LogP contribution in [-0.4, -0.2) is 0 Å². The Kier molecular flexibility index (Phi) is 3.38. The molecule has 0 bridgehead atoms. The first-order valence-electron chi connectivity index (χ1n) is 4.18. The molecular formula is C11H6FN3. The summed E-state index contributed by atoms with van der Waals surface area (Å²) >= 11 is 0. The first-order chi connectivity index (χ1) is 7.24. The van der Waals surface area contributed by atoms with Gasteiger partial charge in [-0.25, -0.2) is 4.39 Å². The highest BCUT2D eigenvalue weighted by molar-refractivity contribution is 5.31. The molecule has 0 radical (unpaired) electrons. The molecule has 0 amide bonds. The summed E-state index contributed by atoms with van der Waals surface area (Å²) < 4.78 is 13.3. The molecule has 1 rings (SSSR count). The van der Waals surface area contributed by atoms with Gasteiger partial charge in [0.2, 0.25) is 0 Å². The average molecular weight is 199 g/mol. The third kappa shape index (κ3) is 2.10. The molecule has 0 aliphatic rings. The van der Waals surface area contributed by atoms with Crippen molar-refractivity contribution in [3.8, 4) is 18.2 Å². The van der Waals surface area contributed by atoms with E-state index in [1.807, 2.05) is 0 Å². The molecule has 0 N–H and O–H groups in total. The Morgan fingerprint density at radius 3 is 2.07 bits per heavy atom. The second-order valence-electron chi connectivity index (χ2n) is 2.86. The monoisotopic (exact) mass is 199 g/mol. The third-order valence-corrected chi connectivity index (χ3v) is 1.99. The minimum absolute atomic E-state index is 0.0908. The topological polar surface area (TPSA) is 71.4 Å². The van der Waals surface area contributed by atoms with E-state index in [1.54, 1.807) is 24.3 Å². The van der Waals surface area contributed by atoms with Crippen molar-refractivity contribution in [2.24, 2.45) is 5.92 Å². The van der Waals surface area contributed by atoms with Gasteiger partial charge in [0, 0.05) is 5.56 Å². The van der Waals surface area contributed by atoms with Gasteiger partial charge in [-0.15, -0.1) is 0 Å². The van der Waals surface area contributed by atoms with E-state index >= 15 is 0 Å². The van der Waals surface area contributed by atoms with Crippen molar-refractivity contribution in [2.45, 2.75) is 5.92 Å². The van der Waals surface area contributed by atoms with Crippen LogP contribution in [0.25, 0.3) is 0 Å². The smallest absolute Gasteiger partial charge is 0.153 e. The predicted octanol–water partition coefficient (Wildman–Crippen LogP) is 2.10. The van der Waals surface area contributed by atoms with Crippen LogP contribution in [0.5, 0.6) is 0 Å². The van der Waals surface area contributed by atoms with Crippen molar-refractivity contribution in [1.82, 2.24) is 0 Å². The zero-order valence-electron chi connectivity index (χ0n) is 7.68. The zero-order chi connectivity index (χ0) is 11.3. The molecule has 4 heteroatoms. The van der Waals surface area contributed by atoms with Crippen LogP contribution in [0, 0.1) is 45.7 Å². The van der Waals surface area contributed by atoms with Gasteiger partial charge in [-0.1, -0.05) is 18.2 Å². The molecule has 1 aromatic carbocycles. The molecule has 0 saturated carbocycles. The van der Waals surface area contributed by atoms with Gasteiger partial charge in [0.25, 0.3) is 0 Å². The number of nitrogens with zero attached hydrogens (tertiary/aromatic N) is 3. The lowest BCUT2D eigenvalue weighted by Crippen LogP contribution is -2.09. The van der Waals surface area contributed by atoms with Crippen molar-refractivity contribution < 1.29 is 4.39 Å². The van der Waals surface area contributed by atoms with Crippen LogP contribution in [0.15, 0.2) is 24.3 Å². The van der Waals surface area contributed by atoms with Crippen LogP contribution in [-0.2, 0) is 0 Å². The van der Waals surface area contributed by atoms with Gasteiger partial charge in [-0.3, -0.25) is 0 Å². The molecule has 3 nitrogen and oxygen atoms in total. The molecule has 72 valence electrons. The summed E-state index contributed by atoms with van der Waals surface area (Å²) in [7, 11) is 0. The average Bonchev–Trinajstić information content (AvgIpc) is 2.27. The highest BCUT2D eigenvalue weighted by atomic mass is 19.1. The van der Waals surface area contributed by atoms with Gasteiger partial charge in [0.05, 0.1) is 18.2 Å². The molecule has 0 aliphatic heterocycles. The molecule has 0 aliphatic carbocycles. The Morgan fingerprint density at radius 2 is 1.60 bits per heavy atom. The van der Waals surface area contributed by atoms with Gasteiger partial charge in [-0.05, 0) is 6.07 Å². The number of hydrogen-bond acceptors (Lipinski definition) is 3. The van der Waals surface area contributed by atoms with Crippen LogP contribution in [0.3, 0.4) is 0 Å². The van der Waals surface area contributed by atoms with Crippen molar-refractivity contribution in [1.29, 1.82) is 15.8 Å². The predicted molar refractivity (Wildman–Crippen MR) is 49.5 cm³/mol. The van der Waals surface area contributed by atoms with Crippen LogP contribution in [0.4, 0.5) is 4.39 Å². The molecular weight excluding hydrogens is 193 g/mol. The lowest BCUT2D eigenvalue weighted by atomic mass is 9.89. The van der Waals surface area contributed by atoms with Crippen LogP contribution in [0.1, 0.15) is 11.5 Å². The van der Waals surface area contributed by atoms with Gasteiger partial charge in [0.1, 0.15) is 11.7 Å². The minimum atomic E-state index is -1.15. The number of nitriles is 3. The summed E-state index contributed by atoms with van der Waals surface area (Å²) in [6.07, 6.45) is 0. The van der Waals surface area contributed by atoms with E-state index < -0.39 is 17.7 Å². The van der Waals surface area contributed by atoms with E-state index in [-0.39, 0.29) is 5.56 Å². The molecule has 0 aromatic heterocycles. The fourth-order valence-corrected chi connectivity index (χ4v) is 1.23. The van der Waals surface area contributed by atoms with E-state index in [2.05, 4.69) is 0 Å². The summed E-state index contributed by atoms with van der Waals surface area (Å²) in [6, 6.07) is 10.8. The van der Waals surface area contributed by atoms with Gasteiger partial charge >= 0.3 is 0 Å². The van der Waals surface area contributed by atoms with Crippen molar-refractivity contribution in [2.75, 3.05) is 0 Å². The molecule has 1 aromatic rings. The first-order valence-corrected chi connectivity index (χ1v) is 4.18. The SMILES string of the molecule is N#CC(C#N)[C@@H](C#N)c1ccccc1F. The van der Waals surface area contributed by atoms with Crippen LogP contribution in [0.2, 0.25) is 0 Å². The fourth-order valence-electron chi connectivity index (χ4n) is 1.23. The molecule has 0 unspecified atom stereocenters. The van der Waals surface area contributed by atoms with Gasteiger partial charge < -0.3 is 0 Å². The fraction of sp³-hybridized carbons (Fsp3) is 0.182. The number of benzene rings is 1. The van der Waals surface area contributed by atoms with Crippen molar-refractivity contribution in [3.05, 3.63) is 35.6 Å². The van der Waals surface area contributed by atoms with Crippen molar-refractivity contribution in [3.63, 3.8) is 0 Å². The molecule has 15 heavy (non-hydrogen) atoms. The number of hydrogen-bond donors (Lipinski definition) is 0. The lowest BCUT2D eigenvalue weighted by Gasteiger charge is -2.09. The maximum Gasteiger partial charge on any atom is 0.153 e. The van der Waals surface area contributed by atoms with E-state index in [4.69, 9.17) is 15.8 Å². The number of rotatable bonds is 2. The lowest BCUT2D eigenvalue weighted by molar-refractivity contribution is 0.589. The summed E-state index contributed by atoms with van der Waals surface area (Å²) in [4.78, 5) is 0. The van der Waals surface area contributed by atoms with E-state index in [0.29, 0.717) is 0 Å². The largest absolute Gasteiger partial charge is 0.207 e. The van der Waals surface area contributed by atoms with E-state index in [1.165, 1.54) is 18.2 Å². The first kappa shape index (κ1) is 10.7. The Hall–Kier alpha value is -2.38. The highest BCUT2D eigenvalue weighted by Crippen LogP contribution is 2.25. The second kappa shape index (κ2) is 4.74. The van der Waals surface area contributed by atoms with Gasteiger partial charge in [-0.2, -0.15) is 15.8 Å². The molecule has 0 heterocycles. The summed E-state index contributed by atoms with van der Waals surface area (Å²) in [5.74, 6) is -2.76. The quantitative estimate of drug-likeness (QED) is 0.732. The summed E-state index contributed by atoms with van der Waals surface area (Å²) in [5.41, 5.74) is 0.0908.